The van der Waals surface area contributed by atoms with Crippen molar-refractivity contribution >= 4 is 5.91 Å². The van der Waals surface area contributed by atoms with Crippen molar-refractivity contribution in [1.82, 2.24) is 20.0 Å². The lowest BCUT2D eigenvalue weighted by Crippen LogP contribution is -2.33. The van der Waals surface area contributed by atoms with Crippen molar-refractivity contribution in [2.75, 3.05) is 27.2 Å². The molecule has 1 aliphatic carbocycles. The predicted molar refractivity (Wildman–Crippen MR) is 86.4 cm³/mol. The normalized spacial score (nSPS) is 13.2. The standard InChI is InChI=1S/C17H21FN4O/c1-19-10-11-21(2)17(23)16-14-4-3-5-15(14)22(20-16)13-8-6-12(18)7-9-13/h6-9,19H,3-5,10-11H2,1-2H3. The number of hydrogen-bond acceptors (Lipinski definition) is 3. The van der Waals surface area contributed by atoms with Gasteiger partial charge in [0.15, 0.2) is 5.69 Å². The fraction of sp³-hybridized carbons (Fsp3) is 0.412. The molecule has 3 rings (SSSR count). The summed E-state index contributed by atoms with van der Waals surface area (Å²) in [5, 5.41) is 7.58. The Morgan fingerprint density at radius 3 is 2.78 bits per heavy atom. The minimum atomic E-state index is -0.277. The van der Waals surface area contributed by atoms with Gasteiger partial charge < -0.3 is 10.2 Å². The van der Waals surface area contributed by atoms with Crippen LogP contribution in [0.2, 0.25) is 0 Å². The number of nitrogens with zero attached hydrogens (tertiary/aromatic N) is 3. The summed E-state index contributed by atoms with van der Waals surface area (Å²) in [6.07, 6.45) is 2.79. The average Bonchev–Trinajstić information content (AvgIpc) is 3.15. The van der Waals surface area contributed by atoms with Gasteiger partial charge >= 0.3 is 0 Å². The van der Waals surface area contributed by atoms with Crippen molar-refractivity contribution in [3.05, 3.63) is 47.0 Å². The van der Waals surface area contributed by atoms with E-state index in [1.54, 1.807) is 28.8 Å². The first-order valence-corrected chi connectivity index (χ1v) is 7.88. The first-order chi connectivity index (χ1) is 11.1. The van der Waals surface area contributed by atoms with Gasteiger partial charge in [-0.3, -0.25) is 4.79 Å². The van der Waals surface area contributed by atoms with Gasteiger partial charge in [-0.25, -0.2) is 9.07 Å². The Labute approximate surface area is 135 Å². The van der Waals surface area contributed by atoms with Crippen LogP contribution in [0.3, 0.4) is 0 Å². The molecule has 1 heterocycles. The summed E-state index contributed by atoms with van der Waals surface area (Å²) in [4.78, 5) is 14.4. The van der Waals surface area contributed by atoms with Crippen LogP contribution < -0.4 is 5.32 Å². The van der Waals surface area contributed by atoms with Gasteiger partial charge in [0.1, 0.15) is 5.82 Å². The molecule has 0 saturated heterocycles. The number of fused-ring (bicyclic) bond motifs is 1. The molecule has 23 heavy (non-hydrogen) atoms. The number of nitrogens with one attached hydrogen (secondary N) is 1. The van der Waals surface area contributed by atoms with Crippen molar-refractivity contribution in [3.8, 4) is 5.69 Å². The van der Waals surface area contributed by atoms with Crippen LogP contribution in [-0.4, -0.2) is 47.8 Å². The quantitative estimate of drug-likeness (QED) is 0.915. The lowest BCUT2D eigenvalue weighted by Gasteiger charge is -2.16. The average molecular weight is 316 g/mol. The summed E-state index contributed by atoms with van der Waals surface area (Å²) < 4.78 is 14.9. The van der Waals surface area contributed by atoms with Crippen LogP contribution in [0.15, 0.2) is 24.3 Å². The van der Waals surface area contributed by atoms with Gasteiger partial charge in [-0.05, 0) is 50.6 Å². The lowest BCUT2D eigenvalue weighted by molar-refractivity contribution is 0.0789. The summed E-state index contributed by atoms with van der Waals surface area (Å²) in [6.45, 7) is 1.37. The Kier molecular flexibility index (Phi) is 4.43. The van der Waals surface area contributed by atoms with E-state index in [-0.39, 0.29) is 11.7 Å². The SMILES string of the molecule is CNCCN(C)C(=O)c1nn(-c2ccc(F)cc2)c2c1CCC2. The first-order valence-electron chi connectivity index (χ1n) is 7.88. The van der Waals surface area contributed by atoms with Crippen LogP contribution >= 0.6 is 0 Å². The molecule has 0 aliphatic heterocycles. The maximum Gasteiger partial charge on any atom is 0.274 e. The van der Waals surface area contributed by atoms with Gasteiger partial charge in [0.05, 0.1) is 5.69 Å². The molecule has 1 amide bonds. The van der Waals surface area contributed by atoms with E-state index in [9.17, 15) is 9.18 Å². The molecule has 0 unspecified atom stereocenters. The van der Waals surface area contributed by atoms with Gasteiger partial charge in [0.2, 0.25) is 0 Å². The highest BCUT2D eigenvalue weighted by Gasteiger charge is 2.28. The van der Waals surface area contributed by atoms with Crippen molar-refractivity contribution in [3.63, 3.8) is 0 Å². The van der Waals surface area contributed by atoms with Crippen molar-refractivity contribution < 1.29 is 9.18 Å². The summed E-state index contributed by atoms with van der Waals surface area (Å²) in [6, 6.07) is 6.22. The van der Waals surface area contributed by atoms with Crippen LogP contribution in [0, 0.1) is 5.82 Å². The molecule has 1 aliphatic rings. The van der Waals surface area contributed by atoms with E-state index in [0.29, 0.717) is 12.2 Å². The molecule has 5 nitrogen and oxygen atoms in total. The highest BCUT2D eigenvalue weighted by atomic mass is 19.1. The van der Waals surface area contributed by atoms with Crippen molar-refractivity contribution in [2.45, 2.75) is 19.3 Å². The molecule has 0 radical (unpaired) electrons. The Morgan fingerprint density at radius 2 is 2.09 bits per heavy atom. The zero-order chi connectivity index (χ0) is 16.4. The van der Waals surface area contributed by atoms with E-state index in [4.69, 9.17) is 0 Å². The Balaban J connectivity index is 1.95. The van der Waals surface area contributed by atoms with Gasteiger partial charge in [0.25, 0.3) is 5.91 Å². The fourth-order valence-corrected chi connectivity index (χ4v) is 2.97. The largest absolute Gasteiger partial charge is 0.339 e. The molecule has 0 saturated carbocycles. The number of amides is 1. The first kappa shape index (κ1) is 15.7. The highest BCUT2D eigenvalue weighted by Crippen LogP contribution is 2.28. The summed E-state index contributed by atoms with van der Waals surface area (Å²) >= 11 is 0. The monoisotopic (exact) mass is 316 g/mol. The number of halogens is 1. The smallest absolute Gasteiger partial charge is 0.274 e. The number of likely N-dealkylation sites (N-methyl/N-ethyl adjacent to an activating group) is 2. The highest BCUT2D eigenvalue weighted by molar-refractivity contribution is 5.94. The molecule has 0 atom stereocenters. The molecule has 2 aromatic rings. The van der Waals surface area contributed by atoms with Crippen molar-refractivity contribution in [2.24, 2.45) is 0 Å². The molecular formula is C17H21FN4O. The third-order valence-electron chi connectivity index (χ3n) is 4.25. The fourth-order valence-electron chi connectivity index (χ4n) is 2.97. The number of carbonyl (C=O) groups is 1. The Bertz CT molecular complexity index is 708. The third-order valence-corrected chi connectivity index (χ3v) is 4.25. The number of rotatable bonds is 5. The molecule has 1 N–H and O–H groups in total. The molecule has 0 spiro atoms. The molecule has 0 bridgehead atoms. The van der Waals surface area contributed by atoms with Crippen molar-refractivity contribution in [1.29, 1.82) is 0 Å². The minimum absolute atomic E-state index is 0.0562. The maximum absolute atomic E-state index is 13.1. The van der Waals surface area contributed by atoms with E-state index in [1.807, 2.05) is 7.05 Å². The van der Waals surface area contributed by atoms with Crippen LogP contribution in [0.1, 0.15) is 28.2 Å². The predicted octanol–water partition coefficient (Wildman–Crippen LogP) is 1.79. The van der Waals surface area contributed by atoms with Gasteiger partial charge in [-0.1, -0.05) is 0 Å². The van der Waals surface area contributed by atoms with E-state index < -0.39 is 0 Å². The van der Waals surface area contributed by atoms with E-state index >= 15 is 0 Å². The number of hydrogen-bond donors (Lipinski definition) is 1. The second-order valence-corrected chi connectivity index (χ2v) is 5.85. The maximum atomic E-state index is 13.1. The number of carbonyl (C=O) groups excluding carboxylic acids is 1. The zero-order valence-corrected chi connectivity index (χ0v) is 13.5. The molecule has 1 aromatic carbocycles. The summed E-state index contributed by atoms with van der Waals surface area (Å²) in [7, 11) is 3.65. The van der Waals surface area contributed by atoms with Gasteiger partial charge in [0, 0.05) is 31.4 Å². The third kappa shape index (κ3) is 2.99. The topological polar surface area (TPSA) is 50.2 Å². The number of aromatic nitrogens is 2. The number of benzene rings is 1. The molecule has 122 valence electrons. The van der Waals surface area contributed by atoms with Crippen LogP contribution in [0.4, 0.5) is 4.39 Å². The molecule has 1 aromatic heterocycles. The molecule has 6 heteroatoms. The lowest BCUT2D eigenvalue weighted by atomic mass is 10.2. The van der Waals surface area contributed by atoms with E-state index in [1.165, 1.54) is 12.1 Å². The zero-order valence-electron chi connectivity index (χ0n) is 13.5. The van der Waals surface area contributed by atoms with E-state index in [0.717, 1.165) is 42.8 Å². The van der Waals surface area contributed by atoms with Gasteiger partial charge in [-0.15, -0.1) is 0 Å². The van der Waals surface area contributed by atoms with E-state index in [2.05, 4.69) is 10.4 Å². The van der Waals surface area contributed by atoms with Crippen LogP contribution in [0.5, 0.6) is 0 Å². The van der Waals surface area contributed by atoms with Crippen LogP contribution in [0.25, 0.3) is 5.69 Å². The summed E-state index contributed by atoms with van der Waals surface area (Å²) in [5.74, 6) is -0.333. The molecular weight excluding hydrogens is 295 g/mol. The Hall–Kier alpha value is -2.21. The summed E-state index contributed by atoms with van der Waals surface area (Å²) in [5.41, 5.74) is 3.43. The second kappa shape index (κ2) is 6.50. The second-order valence-electron chi connectivity index (χ2n) is 5.85. The minimum Gasteiger partial charge on any atom is -0.339 e. The molecule has 0 fully saturated rings. The van der Waals surface area contributed by atoms with Crippen LogP contribution in [-0.2, 0) is 12.8 Å². The Morgan fingerprint density at radius 1 is 1.35 bits per heavy atom. The van der Waals surface area contributed by atoms with Gasteiger partial charge in [-0.2, -0.15) is 5.10 Å².